The second kappa shape index (κ2) is 3.84. The van der Waals surface area contributed by atoms with Crippen molar-refractivity contribution in [3.63, 3.8) is 0 Å². The van der Waals surface area contributed by atoms with Crippen LogP contribution < -0.4 is 5.32 Å². The van der Waals surface area contributed by atoms with Crippen LogP contribution in [0.25, 0.3) is 0 Å². The van der Waals surface area contributed by atoms with Gasteiger partial charge in [0, 0.05) is 13.5 Å². The molecular formula is C14H22N2O2. The first-order valence-corrected chi connectivity index (χ1v) is 6.40. The maximum atomic E-state index is 12.0. The van der Waals surface area contributed by atoms with E-state index in [-0.39, 0.29) is 16.7 Å². The number of amides is 1. The monoisotopic (exact) mass is 250 g/mol. The molecule has 0 spiro atoms. The van der Waals surface area contributed by atoms with Gasteiger partial charge in [-0.2, -0.15) is 0 Å². The third-order valence-electron chi connectivity index (χ3n) is 4.91. The fourth-order valence-corrected chi connectivity index (χ4v) is 2.86. The lowest BCUT2D eigenvalue weighted by atomic mass is 10.0. The third kappa shape index (κ3) is 1.84. The molecule has 0 aliphatic heterocycles. The molecule has 1 fully saturated rings. The quantitative estimate of drug-likeness (QED) is 0.897. The zero-order chi connectivity index (χ0) is 13.7. The van der Waals surface area contributed by atoms with Crippen LogP contribution in [0.3, 0.4) is 0 Å². The summed E-state index contributed by atoms with van der Waals surface area (Å²) in [5, 5.41) is 2.96. The minimum atomic E-state index is -0.136. The minimum absolute atomic E-state index is 0.136. The SMILES string of the molecule is Cc1nc(C(=O)NCC2C(C)(C)C2(C)C)c(C)o1. The van der Waals surface area contributed by atoms with Gasteiger partial charge in [-0.3, -0.25) is 4.79 Å². The minimum Gasteiger partial charge on any atom is -0.445 e. The smallest absolute Gasteiger partial charge is 0.273 e. The van der Waals surface area contributed by atoms with Crippen LogP contribution in [0.1, 0.15) is 49.8 Å². The molecule has 0 unspecified atom stereocenters. The molecule has 1 heterocycles. The van der Waals surface area contributed by atoms with Crippen molar-refractivity contribution in [2.24, 2.45) is 16.7 Å². The van der Waals surface area contributed by atoms with Crippen molar-refractivity contribution in [3.05, 3.63) is 17.3 Å². The Morgan fingerprint density at radius 3 is 2.22 bits per heavy atom. The fraction of sp³-hybridized carbons (Fsp3) is 0.714. The highest BCUT2D eigenvalue weighted by atomic mass is 16.4. The lowest BCUT2D eigenvalue weighted by Gasteiger charge is -2.04. The van der Waals surface area contributed by atoms with Crippen LogP contribution in [0.15, 0.2) is 4.42 Å². The molecule has 4 nitrogen and oxygen atoms in total. The molecule has 1 saturated carbocycles. The van der Waals surface area contributed by atoms with E-state index in [1.807, 2.05) is 0 Å². The number of rotatable bonds is 3. The van der Waals surface area contributed by atoms with Gasteiger partial charge < -0.3 is 9.73 Å². The second-order valence-corrected chi connectivity index (χ2v) is 6.34. The average Bonchev–Trinajstić information content (AvgIpc) is 2.54. The molecule has 1 aliphatic rings. The summed E-state index contributed by atoms with van der Waals surface area (Å²) < 4.78 is 5.27. The van der Waals surface area contributed by atoms with E-state index in [1.54, 1.807) is 13.8 Å². The summed E-state index contributed by atoms with van der Waals surface area (Å²) in [7, 11) is 0. The largest absolute Gasteiger partial charge is 0.445 e. The number of carbonyl (C=O) groups excluding carboxylic acids is 1. The molecule has 0 atom stereocenters. The summed E-state index contributed by atoms with van der Waals surface area (Å²) in [6, 6.07) is 0. The van der Waals surface area contributed by atoms with Crippen LogP contribution in [-0.2, 0) is 0 Å². The number of aromatic nitrogens is 1. The topological polar surface area (TPSA) is 55.1 Å². The molecule has 1 aromatic rings. The highest BCUT2D eigenvalue weighted by Gasteiger charge is 2.64. The van der Waals surface area contributed by atoms with Crippen molar-refractivity contribution in [1.82, 2.24) is 10.3 Å². The average molecular weight is 250 g/mol. The Hall–Kier alpha value is -1.32. The molecule has 100 valence electrons. The molecule has 0 saturated heterocycles. The first-order chi connectivity index (χ1) is 8.18. The van der Waals surface area contributed by atoms with Gasteiger partial charge in [-0.15, -0.1) is 0 Å². The number of hydrogen-bond donors (Lipinski definition) is 1. The molecule has 2 rings (SSSR count). The Kier molecular flexibility index (Phi) is 2.80. The van der Waals surface area contributed by atoms with Crippen LogP contribution in [0, 0.1) is 30.6 Å². The Labute approximate surface area is 108 Å². The highest BCUT2D eigenvalue weighted by molar-refractivity contribution is 5.93. The Bertz CT molecular complexity index is 472. The summed E-state index contributed by atoms with van der Waals surface area (Å²) in [5.41, 5.74) is 0.980. The van der Waals surface area contributed by atoms with Crippen LogP contribution in [-0.4, -0.2) is 17.4 Å². The van der Waals surface area contributed by atoms with E-state index >= 15 is 0 Å². The molecule has 1 amide bonds. The number of aryl methyl sites for hydroxylation is 2. The molecule has 4 heteroatoms. The third-order valence-corrected chi connectivity index (χ3v) is 4.91. The van der Waals surface area contributed by atoms with Crippen LogP contribution in [0.5, 0.6) is 0 Å². The van der Waals surface area contributed by atoms with E-state index in [9.17, 15) is 4.79 Å². The van der Waals surface area contributed by atoms with Crippen molar-refractivity contribution < 1.29 is 9.21 Å². The van der Waals surface area contributed by atoms with Crippen molar-refractivity contribution in [2.45, 2.75) is 41.5 Å². The molecule has 1 aromatic heterocycles. The maximum Gasteiger partial charge on any atom is 0.273 e. The van der Waals surface area contributed by atoms with Crippen molar-refractivity contribution >= 4 is 5.91 Å². The molecule has 1 aliphatic carbocycles. The van der Waals surface area contributed by atoms with Crippen molar-refractivity contribution in [2.75, 3.05) is 6.54 Å². The number of hydrogen-bond acceptors (Lipinski definition) is 3. The van der Waals surface area contributed by atoms with Gasteiger partial charge in [0.1, 0.15) is 5.76 Å². The van der Waals surface area contributed by atoms with Gasteiger partial charge in [0.2, 0.25) is 0 Å². The number of carbonyl (C=O) groups is 1. The number of nitrogens with zero attached hydrogens (tertiary/aromatic N) is 1. The van der Waals surface area contributed by atoms with E-state index in [0.717, 1.165) is 0 Å². The summed E-state index contributed by atoms with van der Waals surface area (Å²) >= 11 is 0. The van der Waals surface area contributed by atoms with Crippen LogP contribution >= 0.6 is 0 Å². The van der Waals surface area contributed by atoms with Gasteiger partial charge in [0.05, 0.1) is 0 Å². The van der Waals surface area contributed by atoms with Crippen LogP contribution in [0.2, 0.25) is 0 Å². The number of oxazole rings is 1. The molecule has 0 radical (unpaired) electrons. The first-order valence-electron chi connectivity index (χ1n) is 6.40. The Balaban J connectivity index is 1.97. The van der Waals surface area contributed by atoms with Gasteiger partial charge in [-0.1, -0.05) is 27.7 Å². The van der Waals surface area contributed by atoms with E-state index in [0.29, 0.717) is 29.8 Å². The lowest BCUT2D eigenvalue weighted by Crippen LogP contribution is -2.28. The van der Waals surface area contributed by atoms with Gasteiger partial charge in [0.25, 0.3) is 5.91 Å². The van der Waals surface area contributed by atoms with Gasteiger partial charge in [-0.25, -0.2) is 4.98 Å². The first kappa shape index (κ1) is 13.1. The molecule has 0 aromatic carbocycles. The molecular weight excluding hydrogens is 228 g/mol. The fourth-order valence-electron chi connectivity index (χ4n) is 2.86. The van der Waals surface area contributed by atoms with Crippen LogP contribution in [0.4, 0.5) is 0 Å². The Morgan fingerprint density at radius 1 is 1.28 bits per heavy atom. The molecule has 18 heavy (non-hydrogen) atoms. The van der Waals surface area contributed by atoms with E-state index in [1.165, 1.54) is 0 Å². The standard InChI is InChI=1S/C14H22N2O2/c1-8-11(16-9(2)18-8)12(17)15-7-10-13(3,4)14(10,5)6/h10H,7H2,1-6H3,(H,15,17). The van der Waals surface area contributed by atoms with E-state index in [2.05, 4.69) is 38.0 Å². The van der Waals surface area contributed by atoms with E-state index in [4.69, 9.17) is 4.42 Å². The summed E-state index contributed by atoms with van der Waals surface area (Å²) in [4.78, 5) is 16.1. The Morgan fingerprint density at radius 2 is 1.83 bits per heavy atom. The lowest BCUT2D eigenvalue weighted by molar-refractivity contribution is 0.0944. The van der Waals surface area contributed by atoms with Crippen molar-refractivity contribution in [1.29, 1.82) is 0 Å². The zero-order valence-corrected chi connectivity index (χ0v) is 12.0. The molecule has 1 N–H and O–H groups in total. The zero-order valence-electron chi connectivity index (χ0n) is 12.0. The van der Waals surface area contributed by atoms with Gasteiger partial charge in [-0.05, 0) is 23.7 Å². The number of nitrogens with one attached hydrogen (secondary N) is 1. The highest BCUT2D eigenvalue weighted by Crippen LogP contribution is 2.67. The van der Waals surface area contributed by atoms with Gasteiger partial charge >= 0.3 is 0 Å². The summed E-state index contributed by atoms with van der Waals surface area (Å²) in [6.45, 7) is 13.2. The van der Waals surface area contributed by atoms with Crippen molar-refractivity contribution in [3.8, 4) is 0 Å². The second-order valence-electron chi connectivity index (χ2n) is 6.34. The molecule has 0 bridgehead atoms. The maximum absolute atomic E-state index is 12.0. The normalized spacial score (nSPS) is 20.8. The summed E-state index contributed by atoms with van der Waals surface area (Å²) in [6.07, 6.45) is 0. The summed E-state index contributed by atoms with van der Waals surface area (Å²) in [5.74, 6) is 1.49. The predicted molar refractivity (Wildman–Crippen MR) is 69.4 cm³/mol. The van der Waals surface area contributed by atoms with E-state index < -0.39 is 0 Å². The predicted octanol–water partition coefficient (Wildman–Crippen LogP) is 2.70. The van der Waals surface area contributed by atoms with Gasteiger partial charge in [0.15, 0.2) is 11.6 Å².